The van der Waals surface area contributed by atoms with Gasteiger partial charge in [-0.05, 0) is 35.9 Å². The van der Waals surface area contributed by atoms with Crippen LogP contribution < -0.4 is 10.4 Å². The SMILES string of the molecule is O=C(O)c1cc2ccc(OCc3ccc(C(F)(F)F)cc3)cc2oc1=O. The van der Waals surface area contributed by atoms with Crippen LogP contribution in [0.3, 0.4) is 0 Å². The van der Waals surface area contributed by atoms with Gasteiger partial charge in [-0.1, -0.05) is 12.1 Å². The van der Waals surface area contributed by atoms with Crippen LogP contribution >= 0.6 is 0 Å². The Hall–Kier alpha value is -3.29. The summed E-state index contributed by atoms with van der Waals surface area (Å²) in [5, 5.41) is 9.31. The van der Waals surface area contributed by atoms with Crippen molar-refractivity contribution in [3.8, 4) is 5.75 Å². The van der Waals surface area contributed by atoms with E-state index < -0.39 is 28.9 Å². The van der Waals surface area contributed by atoms with Gasteiger partial charge in [-0.3, -0.25) is 0 Å². The molecule has 0 saturated heterocycles. The van der Waals surface area contributed by atoms with E-state index in [2.05, 4.69) is 0 Å². The van der Waals surface area contributed by atoms with Crippen molar-refractivity contribution in [2.24, 2.45) is 0 Å². The number of fused-ring (bicyclic) bond motifs is 1. The smallest absolute Gasteiger partial charge is 0.416 e. The standard InChI is InChI=1S/C18H11F3O5/c19-18(20,21)12-4-1-10(2-5-12)9-25-13-6-3-11-7-14(16(22)23)17(24)26-15(11)8-13/h1-8H,9H2,(H,22,23). The molecule has 2 aromatic carbocycles. The van der Waals surface area contributed by atoms with Crippen LogP contribution in [0.15, 0.2) is 57.7 Å². The summed E-state index contributed by atoms with van der Waals surface area (Å²) in [6.45, 7) is 0.0150. The lowest BCUT2D eigenvalue weighted by Gasteiger charge is -2.09. The Kier molecular flexibility index (Phi) is 4.41. The van der Waals surface area contributed by atoms with Gasteiger partial charge in [0.25, 0.3) is 0 Å². The van der Waals surface area contributed by atoms with Crippen molar-refractivity contribution in [3.63, 3.8) is 0 Å². The Morgan fingerprint density at radius 2 is 1.77 bits per heavy atom. The number of benzene rings is 2. The van der Waals surface area contributed by atoms with Gasteiger partial charge in [0.2, 0.25) is 0 Å². The number of rotatable bonds is 4. The van der Waals surface area contributed by atoms with Crippen LogP contribution in [0.2, 0.25) is 0 Å². The molecule has 0 spiro atoms. The van der Waals surface area contributed by atoms with Crippen molar-refractivity contribution < 1.29 is 32.2 Å². The highest BCUT2D eigenvalue weighted by molar-refractivity contribution is 5.91. The number of halogens is 3. The number of carboxylic acids is 1. The molecule has 8 heteroatoms. The van der Waals surface area contributed by atoms with Gasteiger partial charge in [-0.2, -0.15) is 13.2 Å². The van der Waals surface area contributed by atoms with E-state index >= 15 is 0 Å². The zero-order valence-electron chi connectivity index (χ0n) is 13.0. The predicted octanol–water partition coefficient (Wildman–Crippen LogP) is 4.09. The first-order chi connectivity index (χ1) is 12.2. The van der Waals surface area contributed by atoms with Gasteiger partial charge in [0.05, 0.1) is 5.56 Å². The van der Waals surface area contributed by atoms with Crippen LogP contribution in [-0.4, -0.2) is 11.1 Å². The highest BCUT2D eigenvalue weighted by atomic mass is 19.4. The fraction of sp³-hybridized carbons (Fsp3) is 0.111. The van der Waals surface area contributed by atoms with Crippen LogP contribution in [0.25, 0.3) is 11.0 Å². The number of hydrogen-bond acceptors (Lipinski definition) is 4. The first-order valence-electron chi connectivity index (χ1n) is 7.34. The Labute approximate surface area is 144 Å². The first kappa shape index (κ1) is 17.5. The van der Waals surface area contributed by atoms with E-state index in [1.807, 2.05) is 0 Å². The van der Waals surface area contributed by atoms with Crippen LogP contribution in [0.5, 0.6) is 5.75 Å². The van der Waals surface area contributed by atoms with E-state index in [1.54, 1.807) is 0 Å². The molecule has 134 valence electrons. The topological polar surface area (TPSA) is 76.7 Å². The Bertz CT molecular complexity index is 1020. The summed E-state index contributed by atoms with van der Waals surface area (Å²) in [6, 6.07) is 10.2. The van der Waals surface area contributed by atoms with E-state index in [-0.39, 0.29) is 12.2 Å². The molecule has 0 aliphatic rings. The van der Waals surface area contributed by atoms with Crippen molar-refractivity contribution in [1.82, 2.24) is 0 Å². The largest absolute Gasteiger partial charge is 0.489 e. The number of ether oxygens (including phenoxy) is 1. The minimum Gasteiger partial charge on any atom is -0.489 e. The third kappa shape index (κ3) is 3.69. The lowest BCUT2D eigenvalue weighted by atomic mass is 10.1. The Morgan fingerprint density at radius 3 is 2.38 bits per heavy atom. The minimum absolute atomic E-state index is 0.0150. The second-order valence-electron chi connectivity index (χ2n) is 5.44. The molecule has 1 aromatic heterocycles. The third-order valence-corrected chi connectivity index (χ3v) is 3.62. The summed E-state index contributed by atoms with van der Waals surface area (Å²) < 4.78 is 48.0. The average molecular weight is 364 g/mol. The fourth-order valence-corrected chi connectivity index (χ4v) is 2.29. The summed E-state index contributed by atoms with van der Waals surface area (Å²) in [5.41, 5.74) is -1.53. The lowest BCUT2D eigenvalue weighted by molar-refractivity contribution is -0.137. The molecular formula is C18H11F3O5. The van der Waals surface area contributed by atoms with Crippen LogP contribution in [0, 0.1) is 0 Å². The molecule has 3 rings (SSSR count). The van der Waals surface area contributed by atoms with Gasteiger partial charge in [-0.15, -0.1) is 0 Å². The van der Waals surface area contributed by atoms with Crippen molar-refractivity contribution in [1.29, 1.82) is 0 Å². The quantitative estimate of drug-likeness (QED) is 0.706. The van der Waals surface area contributed by atoms with Crippen molar-refractivity contribution in [2.45, 2.75) is 12.8 Å². The summed E-state index contributed by atoms with van der Waals surface area (Å²) in [6.07, 6.45) is -4.40. The molecular weight excluding hydrogens is 353 g/mol. The molecule has 5 nitrogen and oxygen atoms in total. The predicted molar refractivity (Wildman–Crippen MR) is 85.2 cm³/mol. The van der Waals surface area contributed by atoms with Crippen LogP contribution in [0.1, 0.15) is 21.5 Å². The summed E-state index contributed by atoms with van der Waals surface area (Å²) in [4.78, 5) is 22.5. The fourth-order valence-electron chi connectivity index (χ4n) is 2.29. The Balaban J connectivity index is 1.78. The number of aromatic carboxylic acids is 1. The van der Waals surface area contributed by atoms with E-state index in [0.717, 1.165) is 12.1 Å². The molecule has 0 saturated carbocycles. The van der Waals surface area contributed by atoms with Crippen molar-refractivity contribution >= 4 is 16.9 Å². The monoisotopic (exact) mass is 364 g/mol. The molecule has 0 bridgehead atoms. The maximum atomic E-state index is 12.5. The van der Waals surface area contributed by atoms with Gasteiger partial charge in [0.15, 0.2) is 0 Å². The number of hydrogen-bond donors (Lipinski definition) is 1. The van der Waals surface area contributed by atoms with Gasteiger partial charge >= 0.3 is 17.8 Å². The molecule has 26 heavy (non-hydrogen) atoms. The molecule has 0 atom stereocenters. The highest BCUT2D eigenvalue weighted by Gasteiger charge is 2.29. The summed E-state index contributed by atoms with van der Waals surface area (Å²) >= 11 is 0. The molecule has 1 N–H and O–H groups in total. The van der Waals surface area contributed by atoms with Gasteiger partial charge < -0.3 is 14.3 Å². The van der Waals surface area contributed by atoms with Gasteiger partial charge in [0.1, 0.15) is 23.5 Å². The Morgan fingerprint density at radius 1 is 1.08 bits per heavy atom. The second kappa shape index (κ2) is 6.55. The normalized spacial score (nSPS) is 11.5. The lowest BCUT2D eigenvalue weighted by Crippen LogP contribution is -2.12. The third-order valence-electron chi connectivity index (χ3n) is 3.62. The molecule has 0 amide bonds. The first-order valence-corrected chi connectivity index (χ1v) is 7.34. The molecule has 0 unspecified atom stereocenters. The van der Waals surface area contributed by atoms with Crippen LogP contribution in [0.4, 0.5) is 13.2 Å². The number of carboxylic acid groups (broad SMARTS) is 1. The summed E-state index contributed by atoms with van der Waals surface area (Å²) in [7, 11) is 0. The zero-order valence-corrected chi connectivity index (χ0v) is 13.0. The van der Waals surface area contributed by atoms with E-state index in [9.17, 15) is 22.8 Å². The van der Waals surface area contributed by atoms with Crippen molar-refractivity contribution in [3.05, 3.63) is 75.6 Å². The number of carbonyl (C=O) groups is 1. The second-order valence-corrected chi connectivity index (χ2v) is 5.44. The molecule has 0 aliphatic carbocycles. The van der Waals surface area contributed by atoms with E-state index in [0.29, 0.717) is 16.7 Å². The van der Waals surface area contributed by atoms with Crippen molar-refractivity contribution in [2.75, 3.05) is 0 Å². The molecule has 1 heterocycles. The zero-order chi connectivity index (χ0) is 18.9. The maximum Gasteiger partial charge on any atom is 0.416 e. The van der Waals surface area contributed by atoms with Crippen LogP contribution in [-0.2, 0) is 12.8 Å². The number of alkyl halides is 3. The maximum absolute atomic E-state index is 12.5. The van der Waals surface area contributed by atoms with Gasteiger partial charge in [-0.25, -0.2) is 9.59 Å². The summed E-state index contributed by atoms with van der Waals surface area (Å²) in [5.74, 6) is -1.06. The van der Waals surface area contributed by atoms with E-state index in [1.165, 1.54) is 36.4 Å². The van der Waals surface area contributed by atoms with Gasteiger partial charge in [0, 0.05) is 11.5 Å². The molecule has 0 fully saturated rings. The molecule has 3 aromatic rings. The molecule has 0 radical (unpaired) electrons. The minimum atomic E-state index is -4.40. The van der Waals surface area contributed by atoms with E-state index in [4.69, 9.17) is 14.3 Å². The average Bonchev–Trinajstić information content (AvgIpc) is 2.58. The molecule has 0 aliphatic heterocycles. The highest BCUT2D eigenvalue weighted by Crippen LogP contribution is 2.29.